The zero-order valence-corrected chi connectivity index (χ0v) is 12.2. The van der Waals surface area contributed by atoms with E-state index in [2.05, 4.69) is 15.9 Å². The average molecular weight is 330 g/mol. The van der Waals surface area contributed by atoms with Crippen molar-refractivity contribution in [1.82, 2.24) is 0 Å². The summed E-state index contributed by atoms with van der Waals surface area (Å²) in [6.45, 7) is 4.29. The Morgan fingerprint density at radius 1 is 1.37 bits per heavy atom. The lowest BCUT2D eigenvalue weighted by Gasteiger charge is -2.17. The van der Waals surface area contributed by atoms with Crippen molar-refractivity contribution in [1.29, 1.82) is 0 Å². The van der Waals surface area contributed by atoms with Crippen LogP contribution in [-0.4, -0.2) is 30.9 Å². The van der Waals surface area contributed by atoms with Crippen molar-refractivity contribution in [2.75, 3.05) is 18.1 Å². The fourth-order valence-corrected chi connectivity index (χ4v) is 2.23. The molecule has 6 heteroatoms. The second-order valence-electron chi connectivity index (χ2n) is 4.49. The van der Waals surface area contributed by atoms with E-state index >= 15 is 0 Å². The van der Waals surface area contributed by atoms with E-state index in [-0.39, 0.29) is 22.7 Å². The number of ketones is 1. The lowest BCUT2D eigenvalue weighted by Crippen LogP contribution is -2.33. The summed E-state index contributed by atoms with van der Waals surface area (Å²) in [5, 5.41) is 0. The number of carbonyl (C=O) groups is 2. The standard InChI is InChI=1S/C13H13BrFNO3/c1-7(2)19-4-3-16-11-6-10(15)9(14)5-8(11)12(17)13(16)18/h5-7H,3-4H2,1-2H3. The average Bonchev–Trinajstić information content (AvgIpc) is 2.55. The number of benzene rings is 1. The Bertz CT molecular complexity index is 545. The van der Waals surface area contributed by atoms with Crippen molar-refractivity contribution in [3.8, 4) is 0 Å². The van der Waals surface area contributed by atoms with E-state index in [4.69, 9.17) is 4.74 Å². The van der Waals surface area contributed by atoms with E-state index < -0.39 is 17.5 Å². The van der Waals surface area contributed by atoms with Crippen molar-refractivity contribution in [2.24, 2.45) is 0 Å². The number of rotatable bonds is 4. The van der Waals surface area contributed by atoms with Crippen molar-refractivity contribution in [3.63, 3.8) is 0 Å². The number of Topliss-reactive ketones (excluding diaryl/α,β-unsaturated/α-hetero) is 1. The van der Waals surface area contributed by atoms with Crippen molar-refractivity contribution < 1.29 is 18.7 Å². The molecule has 1 aliphatic rings. The van der Waals surface area contributed by atoms with Gasteiger partial charge in [-0.25, -0.2) is 4.39 Å². The van der Waals surface area contributed by atoms with Gasteiger partial charge in [0, 0.05) is 6.54 Å². The van der Waals surface area contributed by atoms with Crippen LogP contribution in [0, 0.1) is 5.82 Å². The third-order valence-corrected chi connectivity index (χ3v) is 3.39. The molecule has 0 atom stereocenters. The molecule has 0 N–H and O–H groups in total. The zero-order chi connectivity index (χ0) is 14.2. The summed E-state index contributed by atoms with van der Waals surface area (Å²) in [4.78, 5) is 24.9. The summed E-state index contributed by atoms with van der Waals surface area (Å²) >= 11 is 3.01. The first-order valence-electron chi connectivity index (χ1n) is 5.88. The molecule has 0 saturated carbocycles. The first kappa shape index (κ1) is 14.1. The molecule has 4 nitrogen and oxygen atoms in total. The highest BCUT2D eigenvalue weighted by Crippen LogP contribution is 2.33. The molecular formula is C13H13BrFNO3. The molecule has 2 rings (SSSR count). The molecule has 0 aromatic heterocycles. The van der Waals surface area contributed by atoms with Gasteiger partial charge < -0.3 is 9.64 Å². The maximum Gasteiger partial charge on any atom is 0.299 e. The number of nitrogens with zero attached hydrogens (tertiary/aromatic N) is 1. The molecule has 0 radical (unpaired) electrons. The Hall–Kier alpha value is -1.27. The Kier molecular flexibility index (Phi) is 4.01. The van der Waals surface area contributed by atoms with Gasteiger partial charge in [0.05, 0.1) is 28.4 Å². The Morgan fingerprint density at radius 2 is 2.05 bits per heavy atom. The van der Waals surface area contributed by atoms with E-state index in [1.54, 1.807) is 0 Å². The van der Waals surface area contributed by atoms with E-state index in [0.29, 0.717) is 12.3 Å². The van der Waals surface area contributed by atoms with Crippen LogP contribution in [0.2, 0.25) is 0 Å². The Morgan fingerprint density at radius 3 is 2.68 bits per heavy atom. The van der Waals surface area contributed by atoms with Crippen LogP contribution in [0.1, 0.15) is 24.2 Å². The fraction of sp³-hybridized carbons (Fsp3) is 0.385. The topological polar surface area (TPSA) is 46.6 Å². The number of amides is 1. The van der Waals surface area contributed by atoms with Gasteiger partial charge in [0.1, 0.15) is 5.82 Å². The summed E-state index contributed by atoms with van der Waals surface area (Å²) < 4.78 is 19.0. The second kappa shape index (κ2) is 5.38. The summed E-state index contributed by atoms with van der Waals surface area (Å²) in [5.41, 5.74) is 0.533. The minimum atomic E-state index is -0.639. The summed E-state index contributed by atoms with van der Waals surface area (Å²) in [6, 6.07) is 2.53. The van der Waals surface area contributed by atoms with Gasteiger partial charge in [-0.1, -0.05) is 0 Å². The predicted octanol–water partition coefficient (Wildman–Crippen LogP) is 2.54. The SMILES string of the molecule is CC(C)OCCN1C(=O)C(=O)c2cc(Br)c(F)cc21. The van der Waals surface area contributed by atoms with Gasteiger partial charge in [0.15, 0.2) is 0 Å². The summed E-state index contributed by atoms with van der Waals surface area (Å²) in [5.74, 6) is -1.75. The van der Waals surface area contributed by atoms with Crippen LogP contribution in [-0.2, 0) is 9.53 Å². The van der Waals surface area contributed by atoms with E-state index in [9.17, 15) is 14.0 Å². The molecule has 0 fully saturated rings. The first-order valence-corrected chi connectivity index (χ1v) is 6.68. The number of carbonyl (C=O) groups excluding carboxylic acids is 2. The molecule has 1 aromatic carbocycles. The molecule has 0 unspecified atom stereocenters. The number of hydrogen-bond acceptors (Lipinski definition) is 3. The molecule has 0 saturated heterocycles. The van der Waals surface area contributed by atoms with Gasteiger partial charge in [-0.3, -0.25) is 9.59 Å². The number of hydrogen-bond donors (Lipinski definition) is 0. The molecule has 0 aliphatic carbocycles. The van der Waals surface area contributed by atoms with E-state index in [0.717, 1.165) is 0 Å². The van der Waals surface area contributed by atoms with Crippen LogP contribution in [0.3, 0.4) is 0 Å². The van der Waals surface area contributed by atoms with Crippen molar-refractivity contribution in [3.05, 3.63) is 28.0 Å². The molecule has 0 spiro atoms. The summed E-state index contributed by atoms with van der Waals surface area (Å²) in [6.07, 6.45) is 0.0366. The fourth-order valence-electron chi connectivity index (χ4n) is 1.89. The lowest BCUT2D eigenvalue weighted by atomic mass is 10.1. The maximum atomic E-state index is 13.5. The smallest absolute Gasteiger partial charge is 0.299 e. The molecule has 19 heavy (non-hydrogen) atoms. The summed E-state index contributed by atoms with van der Waals surface area (Å²) in [7, 11) is 0. The van der Waals surface area contributed by atoms with Gasteiger partial charge in [-0.15, -0.1) is 0 Å². The second-order valence-corrected chi connectivity index (χ2v) is 5.34. The van der Waals surface area contributed by atoms with Crippen molar-refractivity contribution in [2.45, 2.75) is 20.0 Å². The van der Waals surface area contributed by atoms with Crippen LogP contribution >= 0.6 is 15.9 Å². The molecule has 1 amide bonds. The highest BCUT2D eigenvalue weighted by molar-refractivity contribution is 9.10. The number of halogens is 2. The first-order chi connectivity index (χ1) is 8.91. The van der Waals surface area contributed by atoms with Crippen LogP contribution in [0.25, 0.3) is 0 Å². The van der Waals surface area contributed by atoms with Crippen LogP contribution in [0.15, 0.2) is 16.6 Å². The van der Waals surface area contributed by atoms with Crippen molar-refractivity contribution >= 4 is 33.3 Å². The third kappa shape index (κ3) is 2.69. The van der Waals surface area contributed by atoms with Gasteiger partial charge in [-0.05, 0) is 41.9 Å². The van der Waals surface area contributed by atoms with Crippen LogP contribution in [0.5, 0.6) is 0 Å². The number of ether oxygens (including phenoxy) is 1. The molecule has 0 bridgehead atoms. The lowest BCUT2D eigenvalue weighted by molar-refractivity contribution is -0.114. The Balaban J connectivity index is 2.26. The number of anilines is 1. The molecule has 1 aromatic rings. The maximum absolute atomic E-state index is 13.5. The molecule has 1 aliphatic heterocycles. The Labute approximate surface area is 118 Å². The minimum absolute atomic E-state index is 0.0366. The van der Waals surface area contributed by atoms with Gasteiger partial charge in [0.2, 0.25) is 0 Å². The third-order valence-electron chi connectivity index (χ3n) is 2.78. The van der Waals surface area contributed by atoms with Gasteiger partial charge in [0.25, 0.3) is 11.7 Å². The quantitative estimate of drug-likeness (QED) is 0.797. The van der Waals surface area contributed by atoms with E-state index in [1.165, 1.54) is 17.0 Å². The van der Waals surface area contributed by atoms with Crippen LogP contribution in [0.4, 0.5) is 10.1 Å². The van der Waals surface area contributed by atoms with Gasteiger partial charge >= 0.3 is 0 Å². The highest BCUT2D eigenvalue weighted by atomic mass is 79.9. The molecule has 1 heterocycles. The highest BCUT2D eigenvalue weighted by Gasteiger charge is 2.36. The van der Waals surface area contributed by atoms with E-state index in [1.807, 2.05) is 13.8 Å². The minimum Gasteiger partial charge on any atom is -0.377 e. The largest absolute Gasteiger partial charge is 0.377 e. The zero-order valence-electron chi connectivity index (χ0n) is 10.6. The predicted molar refractivity (Wildman–Crippen MR) is 71.9 cm³/mol. The molecule has 102 valence electrons. The normalized spacial score (nSPS) is 14.5. The molecular weight excluding hydrogens is 317 g/mol. The van der Waals surface area contributed by atoms with Gasteiger partial charge in [-0.2, -0.15) is 0 Å². The monoisotopic (exact) mass is 329 g/mol. The number of fused-ring (bicyclic) bond motifs is 1. The van der Waals surface area contributed by atoms with Crippen LogP contribution < -0.4 is 4.90 Å².